The minimum absolute atomic E-state index is 0.0382. The van der Waals surface area contributed by atoms with Crippen molar-refractivity contribution in [1.82, 2.24) is 0 Å². The highest BCUT2D eigenvalue weighted by atomic mass is 127. The molecule has 0 bridgehead atoms. The first-order valence-electron chi connectivity index (χ1n) is 10.4. The van der Waals surface area contributed by atoms with E-state index in [-0.39, 0.29) is 23.8 Å². The first kappa shape index (κ1) is 22.9. The number of rotatable bonds is 5. The maximum Gasteiger partial charge on any atom is 0.340 e. The Bertz CT molecular complexity index is 1240. The topological polar surface area (TPSA) is 112 Å². The van der Waals surface area contributed by atoms with Crippen LogP contribution in [0.15, 0.2) is 65.3 Å². The summed E-state index contributed by atoms with van der Waals surface area (Å²) in [4.78, 5) is 25.4. The summed E-state index contributed by atoms with van der Waals surface area (Å²) in [7, 11) is 1.27. The van der Waals surface area contributed by atoms with Crippen molar-refractivity contribution < 1.29 is 23.8 Å². The predicted molar refractivity (Wildman–Crippen MR) is 128 cm³/mol. The van der Waals surface area contributed by atoms with E-state index in [1.54, 1.807) is 12.1 Å². The number of benzene rings is 2. The fourth-order valence-electron chi connectivity index (χ4n) is 4.12. The van der Waals surface area contributed by atoms with Crippen molar-refractivity contribution in [2.75, 3.05) is 7.11 Å². The van der Waals surface area contributed by atoms with Gasteiger partial charge in [-0.2, -0.15) is 5.26 Å². The lowest BCUT2D eigenvalue weighted by Gasteiger charge is -2.32. The van der Waals surface area contributed by atoms with Crippen LogP contribution in [0.4, 0.5) is 0 Å². The normalized spacial score (nSPS) is 17.7. The molecule has 1 aliphatic heterocycles. The summed E-state index contributed by atoms with van der Waals surface area (Å²) < 4.78 is 17.4. The highest BCUT2D eigenvalue weighted by Crippen LogP contribution is 2.44. The van der Waals surface area contributed by atoms with E-state index in [0.717, 1.165) is 14.7 Å². The van der Waals surface area contributed by atoms with Gasteiger partial charge in [0.1, 0.15) is 23.7 Å². The van der Waals surface area contributed by atoms with Gasteiger partial charge in [-0.3, -0.25) is 4.79 Å². The zero-order chi connectivity index (χ0) is 23.5. The number of nitrogens with two attached hydrogens (primary N) is 1. The Morgan fingerprint density at radius 2 is 2.06 bits per heavy atom. The van der Waals surface area contributed by atoms with E-state index in [9.17, 15) is 14.9 Å². The quantitative estimate of drug-likeness (QED) is 0.434. The molecule has 0 spiro atoms. The number of ketones is 1. The molecule has 33 heavy (non-hydrogen) atoms. The van der Waals surface area contributed by atoms with Gasteiger partial charge in [0.25, 0.3) is 0 Å². The van der Waals surface area contributed by atoms with Crippen LogP contribution in [-0.4, -0.2) is 18.9 Å². The molecule has 1 heterocycles. The van der Waals surface area contributed by atoms with E-state index < -0.39 is 11.9 Å². The second-order valence-corrected chi connectivity index (χ2v) is 8.83. The number of ether oxygens (including phenoxy) is 3. The third-order valence-electron chi connectivity index (χ3n) is 5.70. The maximum atomic E-state index is 12.8. The average Bonchev–Trinajstić information content (AvgIpc) is 2.82. The van der Waals surface area contributed by atoms with Crippen LogP contribution in [-0.2, 0) is 25.7 Å². The van der Waals surface area contributed by atoms with Gasteiger partial charge in [-0.05, 0) is 52.8 Å². The van der Waals surface area contributed by atoms with Gasteiger partial charge in [0, 0.05) is 24.0 Å². The molecule has 2 aliphatic rings. The fourth-order valence-corrected chi connectivity index (χ4v) is 4.82. The Hall–Kier alpha value is -3.32. The molecule has 2 aromatic carbocycles. The number of methoxy groups -OCH3 is 1. The Balaban J connectivity index is 1.69. The summed E-state index contributed by atoms with van der Waals surface area (Å²) in [5.74, 6) is -0.256. The molecule has 0 fully saturated rings. The van der Waals surface area contributed by atoms with E-state index in [4.69, 9.17) is 19.9 Å². The first-order chi connectivity index (χ1) is 15.9. The minimum atomic E-state index is -0.670. The first-order valence-corrected chi connectivity index (χ1v) is 11.4. The van der Waals surface area contributed by atoms with Gasteiger partial charge in [0.05, 0.1) is 28.2 Å². The number of allylic oxidation sites excluding steroid dienone is 2. The summed E-state index contributed by atoms with van der Waals surface area (Å²) >= 11 is 2.15. The van der Waals surface area contributed by atoms with Gasteiger partial charge >= 0.3 is 5.97 Å². The summed E-state index contributed by atoms with van der Waals surface area (Å²) in [5, 5.41) is 9.28. The Morgan fingerprint density at radius 3 is 2.79 bits per heavy atom. The van der Waals surface area contributed by atoms with E-state index in [2.05, 4.69) is 28.7 Å². The predicted octanol–water partition coefficient (Wildman–Crippen LogP) is 4.21. The lowest BCUT2D eigenvalue weighted by Crippen LogP contribution is -2.31. The van der Waals surface area contributed by atoms with Crippen LogP contribution in [0.25, 0.3) is 0 Å². The van der Waals surface area contributed by atoms with Crippen molar-refractivity contribution in [2.24, 2.45) is 5.73 Å². The maximum absolute atomic E-state index is 12.8. The smallest absolute Gasteiger partial charge is 0.340 e. The lowest BCUT2D eigenvalue weighted by molar-refractivity contribution is -0.136. The summed E-state index contributed by atoms with van der Waals surface area (Å²) in [5.41, 5.74) is 8.76. The average molecular weight is 556 g/mol. The molecule has 0 amide bonds. The molecule has 8 heteroatoms. The minimum Gasteiger partial charge on any atom is -0.488 e. The van der Waals surface area contributed by atoms with Gasteiger partial charge in [-0.1, -0.05) is 24.3 Å². The zero-order valence-corrected chi connectivity index (χ0v) is 20.0. The number of carbonyl (C=O) groups is 2. The van der Waals surface area contributed by atoms with Gasteiger partial charge in [-0.15, -0.1) is 0 Å². The number of nitrogens with zero attached hydrogens (tertiary/aromatic N) is 1. The molecule has 0 unspecified atom stereocenters. The monoisotopic (exact) mass is 556 g/mol. The molecule has 2 aromatic rings. The molecule has 0 aromatic heterocycles. The number of nitriles is 1. The molecule has 2 N–H and O–H groups in total. The van der Waals surface area contributed by atoms with Crippen LogP contribution in [0.1, 0.15) is 41.9 Å². The highest BCUT2D eigenvalue weighted by Gasteiger charge is 2.41. The molecular weight excluding hydrogens is 535 g/mol. The molecule has 0 saturated carbocycles. The van der Waals surface area contributed by atoms with Gasteiger partial charge < -0.3 is 19.9 Å². The molecular formula is C25H21IN2O5. The van der Waals surface area contributed by atoms with E-state index in [1.807, 2.05) is 30.3 Å². The second-order valence-electron chi connectivity index (χ2n) is 7.67. The largest absolute Gasteiger partial charge is 0.488 e. The van der Waals surface area contributed by atoms with Crippen molar-refractivity contribution in [3.8, 4) is 11.8 Å². The van der Waals surface area contributed by atoms with Crippen molar-refractivity contribution in [3.63, 3.8) is 0 Å². The summed E-state index contributed by atoms with van der Waals surface area (Å²) in [6, 6.07) is 14.9. The Labute approximate surface area is 204 Å². The zero-order valence-electron chi connectivity index (χ0n) is 17.9. The van der Waals surface area contributed by atoms with Crippen LogP contribution >= 0.6 is 22.6 Å². The summed E-state index contributed by atoms with van der Waals surface area (Å²) in [6.45, 7) is 0.240. The second kappa shape index (κ2) is 9.67. The number of Topliss-reactive ketones (excluding diaryl/α,β-unsaturated/α-hetero) is 1. The molecule has 1 atom stereocenters. The van der Waals surface area contributed by atoms with E-state index in [1.165, 1.54) is 7.11 Å². The SMILES string of the molecule is COC(=O)C1=C(N)OC2=C(C(=O)CCC2)[C@H]1c1ccc(OCc2ccccc2C#N)c(I)c1. The Kier molecular flexibility index (Phi) is 6.70. The van der Waals surface area contributed by atoms with Gasteiger partial charge in [0.2, 0.25) is 5.88 Å². The summed E-state index contributed by atoms with van der Waals surface area (Å²) in [6.07, 6.45) is 1.66. The molecule has 0 radical (unpaired) electrons. The number of hydrogen-bond donors (Lipinski definition) is 1. The number of hydrogen-bond acceptors (Lipinski definition) is 7. The van der Waals surface area contributed by atoms with Crippen LogP contribution in [0.5, 0.6) is 5.75 Å². The van der Waals surface area contributed by atoms with Crippen LogP contribution in [0.3, 0.4) is 0 Å². The third-order valence-corrected chi connectivity index (χ3v) is 6.54. The van der Waals surface area contributed by atoms with Gasteiger partial charge in [0.15, 0.2) is 5.78 Å². The fraction of sp³-hybridized carbons (Fsp3) is 0.240. The molecule has 168 valence electrons. The Morgan fingerprint density at radius 1 is 1.27 bits per heavy atom. The van der Waals surface area contributed by atoms with Crippen molar-refractivity contribution in [1.29, 1.82) is 5.26 Å². The van der Waals surface area contributed by atoms with Crippen molar-refractivity contribution >= 4 is 34.3 Å². The van der Waals surface area contributed by atoms with Crippen LogP contribution < -0.4 is 10.5 Å². The lowest BCUT2D eigenvalue weighted by atomic mass is 9.77. The number of halogens is 1. The molecule has 1 aliphatic carbocycles. The number of carbonyl (C=O) groups excluding carboxylic acids is 2. The van der Waals surface area contributed by atoms with Crippen LogP contribution in [0, 0.1) is 14.9 Å². The van der Waals surface area contributed by atoms with E-state index >= 15 is 0 Å². The van der Waals surface area contributed by atoms with Gasteiger partial charge in [-0.25, -0.2) is 4.79 Å². The van der Waals surface area contributed by atoms with Crippen LogP contribution in [0.2, 0.25) is 0 Å². The molecule has 7 nitrogen and oxygen atoms in total. The third kappa shape index (κ3) is 4.46. The number of esters is 1. The highest BCUT2D eigenvalue weighted by molar-refractivity contribution is 14.1. The standard InChI is InChI=1S/C25H21IN2O5/c1-31-25(30)23-21(22-18(29)7-4-8-20(22)33-24(23)28)14-9-10-19(17(26)11-14)32-13-16-6-3-2-5-15(16)12-27/h2-3,5-6,9-11,21H,4,7-8,13,28H2,1H3/t21-/m1/s1. The molecule has 0 saturated heterocycles. The van der Waals surface area contributed by atoms with E-state index in [0.29, 0.717) is 41.9 Å². The van der Waals surface area contributed by atoms with Crippen molar-refractivity contribution in [2.45, 2.75) is 31.8 Å². The molecule has 4 rings (SSSR count). The van der Waals surface area contributed by atoms with Crippen molar-refractivity contribution in [3.05, 3.63) is 85.5 Å².